The molecule has 1 aromatic carbocycles. The number of benzene rings is 1. The predicted molar refractivity (Wildman–Crippen MR) is 106 cm³/mol. The zero-order valence-electron chi connectivity index (χ0n) is 15.4. The Hall–Kier alpha value is -2.67. The highest BCUT2D eigenvalue weighted by atomic mass is 32.1. The van der Waals surface area contributed by atoms with Gasteiger partial charge in [0, 0.05) is 17.5 Å². The Kier molecular flexibility index (Phi) is 5.91. The number of amides is 3. The van der Waals surface area contributed by atoms with Gasteiger partial charge >= 0.3 is 0 Å². The normalized spacial score (nSPS) is 15.6. The van der Waals surface area contributed by atoms with Crippen molar-refractivity contribution in [3.63, 3.8) is 0 Å². The van der Waals surface area contributed by atoms with Crippen LogP contribution in [0.15, 0.2) is 30.3 Å². The molecule has 0 bridgehead atoms. The van der Waals surface area contributed by atoms with Crippen LogP contribution >= 0.6 is 11.3 Å². The zero-order valence-corrected chi connectivity index (χ0v) is 16.2. The standard InChI is InChI=1S/C20H23N3O3S/c1-12-3-8-17-15(9-12)11-18(27-17)20(26)23-22-19(25)10-14-4-6-16(7-5-14)21-13(2)24/h4-7,11-12H,3,8-10H2,1-2H3,(H,21,24)(H,22,25)(H,23,26). The van der Waals surface area contributed by atoms with Gasteiger partial charge in [-0.3, -0.25) is 25.2 Å². The zero-order chi connectivity index (χ0) is 19.4. The van der Waals surface area contributed by atoms with Crippen molar-refractivity contribution in [2.24, 2.45) is 5.92 Å². The summed E-state index contributed by atoms with van der Waals surface area (Å²) in [5.41, 5.74) is 7.68. The summed E-state index contributed by atoms with van der Waals surface area (Å²) >= 11 is 1.51. The van der Waals surface area contributed by atoms with Crippen LogP contribution in [0.2, 0.25) is 0 Å². The second-order valence-corrected chi connectivity index (χ2v) is 8.10. The van der Waals surface area contributed by atoms with Gasteiger partial charge < -0.3 is 5.32 Å². The average molecular weight is 385 g/mol. The Bertz CT molecular complexity index is 858. The fourth-order valence-electron chi connectivity index (χ4n) is 3.14. The number of hydrogen-bond donors (Lipinski definition) is 3. The molecule has 0 radical (unpaired) electrons. The van der Waals surface area contributed by atoms with Crippen LogP contribution in [-0.2, 0) is 28.9 Å². The molecule has 1 atom stereocenters. The summed E-state index contributed by atoms with van der Waals surface area (Å²) < 4.78 is 0. The van der Waals surface area contributed by atoms with E-state index < -0.39 is 0 Å². The van der Waals surface area contributed by atoms with Crippen molar-refractivity contribution in [3.8, 4) is 0 Å². The van der Waals surface area contributed by atoms with Crippen LogP contribution in [0.5, 0.6) is 0 Å². The number of aryl methyl sites for hydroxylation is 1. The van der Waals surface area contributed by atoms with E-state index in [-0.39, 0.29) is 24.1 Å². The van der Waals surface area contributed by atoms with Crippen LogP contribution in [0.3, 0.4) is 0 Å². The van der Waals surface area contributed by atoms with Gasteiger partial charge in [-0.2, -0.15) is 0 Å². The van der Waals surface area contributed by atoms with E-state index in [4.69, 9.17) is 0 Å². The lowest BCUT2D eigenvalue weighted by molar-refractivity contribution is -0.121. The number of hydrogen-bond acceptors (Lipinski definition) is 4. The molecule has 27 heavy (non-hydrogen) atoms. The molecule has 3 rings (SSSR count). The Morgan fingerprint density at radius 1 is 1.15 bits per heavy atom. The van der Waals surface area contributed by atoms with E-state index in [0.29, 0.717) is 16.5 Å². The van der Waals surface area contributed by atoms with E-state index in [0.717, 1.165) is 24.8 Å². The highest BCUT2D eigenvalue weighted by Crippen LogP contribution is 2.32. The van der Waals surface area contributed by atoms with Gasteiger partial charge in [0.1, 0.15) is 0 Å². The van der Waals surface area contributed by atoms with Gasteiger partial charge in [0.15, 0.2) is 0 Å². The van der Waals surface area contributed by atoms with E-state index in [1.54, 1.807) is 24.3 Å². The van der Waals surface area contributed by atoms with E-state index in [9.17, 15) is 14.4 Å². The Morgan fingerprint density at radius 2 is 1.89 bits per heavy atom. The first-order valence-corrected chi connectivity index (χ1v) is 9.79. The molecule has 2 aromatic rings. The molecule has 142 valence electrons. The van der Waals surface area contributed by atoms with Gasteiger partial charge in [-0.1, -0.05) is 19.1 Å². The molecular formula is C20H23N3O3S. The van der Waals surface area contributed by atoms with E-state index >= 15 is 0 Å². The van der Waals surface area contributed by atoms with Crippen LogP contribution in [0.4, 0.5) is 5.69 Å². The van der Waals surface area contributed by atoms with Crippen molar-refractivity contribution in [2.75, 3.05) is 5.32 Å². The lowest BCUT2D eigenvalue weighted by atomic mass is 9.90. The van der Waals surface area contributed by atoms with Gasteiger partial charge in [-0.05, 0) is 54.5 Å². The molecule has 3 amide bonds. The van der Waals surface area contributed by atoms with Crippen LogP contribution < -0.4 is 16.2 Å². The fraction of sp³-hybridized carbons (Fsp3) is 0.350. The van der Waals surface area contributed by atoms with Crippen LogP contribution in [0.1, 0.15) is 45.9 Å². The number of anilines is 1. The lowest BCUT2D eigenvalue weighted by Crippen LogP contribution is -2.42. The largest absolute Gasteiger partial charge is 0.326 e. The summed E-state index contributed by atoms with van der Waals surface area (Å²) in [7, 11) is 0. The Morgan fingerprint density at radius 3 is 2.59 bits per heavy atom. The van der Waals surface area contributed by atoms with Crippen LogP contribution in [0, 0.1) is 5.92 Å². The molecule has 0 fully saturated rings. The summed E-state index contributed by atoms with van der Waals surface area (Å²) in [5.74, 6) is -0.0744. The third kappa shape index (κ3) is 5.17. The highest BCUT2D eigenvalue weighted by Gasteiger charge is 2.20. The summed E-state index contributed by atoms with van der Waals surface area (Å²) in [5, 5.41) is 2.67. The average Bonchev–Trinajstić information content (AvgIpc) is 3.04. The maximum absolute atomic E-state index is 12.3. The fourth-order valence-corrected chi connectivity index (χ4v) is 4.25. The van der Waals surface area contributed by atoms with Crippen molar-refractivity contribution < 1.29 is 14.4 Å². The molecular weight excluding hydrogens is 362 g/mol. The van der Waals surface area contributed by atoms with Gasteiger partial charge in [0.05, 0.1) is 11.3 Å². The van der Waals surface area contributed by atoms with Gasteiger partial charge in [-0.25, -0.2) is 0 Å². The predicted octanol–water partition coefficient (Wildman–Crippen LogP) is 2.84. The molecule has 6 nitrogen and oxygen atoms in total. The summed E-state index contributed by atoms with van der Waals surface area (Å²) in [6.07, 6.45) is 3.33. The molecule has 1 aliphatic rings. The van der Waals surface area contributed by atoms with E-state index in [2.05, 4.69) is 23.1 Å². The SMILES string of the molecule is CC(=O)Nc1ccc(CC(=O)NNC(=O)c2cc3c(s2)CCC(C)C3)cc1. The topological polar surface area (TPSA) is 87.3 Å². The molecule has 1 aromatic heterocycles. The quantitative estimate of drug-likeness (QED) is 0.707. The molecule has 1 aliphatic carbocycles. The number of thiophene rings is 1. The van der Waals surface area contributed by atoms with Gasteiger partial charge in [0.25, 0.3) is 5.91 Å². The molecule has 0 saturated heterocycles. The Balaban J connectivity index is 1.50. The monoisotopic (exact) mass is 385 g/mol. The van der Waals surface area contributed by atoms with Crippen molar-refractivity contribution >= 4 is 34.7 Å². The van der Waals surface area contributed by atoms with E-state index in [1.807, 2.05) is 6.07 Å². The van der Waals surface area contributed by atoms with Crippen molar-refractivity contribution in [1.29, 1.82) is 0 Å². The van der Waals surface area contributed by atoms with Crippen molar-refractivity contribution in [3.05, 3.63) is 51.2 Å². The summed E-state index contributed by atoms with van der Waals surface area (Å²) in [4.78, 5) is 37.3. The number of carbonyl (C=O) groups is 3. The molecule has 0 aliphatic heterocycles. The Labute approximate surface area is 162 Å². The van der Waals surface area contributed by atoms with Gasteiger partial charge in [-0.15, -0.1) is 11.3 Å². The lowest BCUT2D eigenvalue weighted by Gasteiger charge is -2.16. The molecule has 3 N–H and O–H groups in total. The minimum atomic E-state index is -0.300. The first-order chi connectivity index (χ1) is 12.9. The first-order valence-electron chi connectivity index (χ1n) is 8.98. The summed E-state index contributed by atoms with van der Waals surface area (Å²) in [6.45, 7) is 3.66. The first kappa shape index (κ1) is 19.1. The van der Waals surface area contributed by atoms with E-state index in [1.165, 1.54) is 28.7 Å². The van der Waals surface area contributed by atoms with Crippen molar-refractivity contribution in [1.82, 2.24) is 10.9 Å². The second kappa shape index (κ2) is 8.35. The smallest absolute Gasteiger partial charge is 0.279 e. The second-order valence-electron chi connectivity index (χ2n) is 6.96. The molecule has 7 heteroatoms. The molecule has 0 saturated carbocycles. The van der Waals surface area contributed by atoms with Crippen molar-refractivity contribution in [2.45, 2.75) is 39.5 Å². The maximum atomic E-state index is 12.3. The maximum Gasteiger partial charge on any atom is 0.279 e. The minimum Gasteiger partial charge on any atom is -0.326 e. The summed E-state index contributed by atoms with van der Waals surface area (Å²) in [6, 6.07) is 8.94. The molecule has 1 heterocycles. The molecule has 0 spiro atoms. The minimum absolute atomic E-state index is 0.138. The number of fused-ring (bicyclic) bond motifs is 1. The number of carbonyl (C=O) groups excluding carboxylic acids is 3. The van der Waals surface area contributed by atoms with Crippen LogP contribution in [-0.4, -0.2) is 17.7 Å². The number of nitrogens with one attached hydrogen (secondary N) is 3. The molecule has 1 unspecified atom stereocenters. The third-order valence-electron chi connectivity index (χ3n) is 4.51. The highest BCUT2D eigenvalue weighted by molar-refractivity contribution is 7.14. The third-order valence-corrected chi connectivity index (χ3v) is 5.74. The van der Waals surface area contributed by atoms with Crippen LogP contribution in [0.25, 0.3) is 0 Å². The number of rotatable bonds is 4. The number of hydrazine groups is 1. The van der Waals surface area contributed by atoms with Gasteiger partial charge in [0.2, 0.25) is 11.8 Å².